The number of hydrogen-bond acceptors (Lipinski definition) is 5. The highest BCUT2D eigenvalue weighted by molar-refractivity contribution is 7.89. The maximum Gasteiger partial charge on any atom is 0.240 e. The van der Waals surface area contributed by atoms with E-state index in [1.165, 1.54) is 0 Å². The van der Waals surface area contributed by atoms with E-state index < -0.39 is 44.9 Å². The minimum Gasteiger partial charge on any atom is -0.415 e. The normalized spacial score (nSPS) is 16.7. The third-order valence-corrected chi connectivity index (χ3v) is 18.3. The summed E-state index contributed by atoms with van der Waals surface area (Å²) in [5, 5.41) is 10.5. The van der Waals surface area contributed by atoms with Gasteiger partial charge in [-0.25, -0.2) is 13.1 Å². The molecule has 1 rings (SSSR count). The monoisotopic (exact) mass is 545 g/mol. The molecule has 0 spiro atoms. The molecule has 0 saturated heterocycles. The topological polar surface area (TPSA) is 84.9 Å². The molecule has 0 bridgehead atoms. The van der Waals surface area contributed by atoms with E-state index in [9.17, 15) is 13.5 Å². The SMILES string of the molecule is CCC(O)CC(O[Si](C)(C)C(C)(C)C)C(CO[Si](C)(C)C(C)(C)C)NS(=O)(=O)c1ccc(C)cc1. The molecule has 2 N–H and O–H groups in total. The van der Waals surface area contributed by atoms with Crippen molar-refractivity contribution in [3.05, 3.63) is 29.8 Å². The highest BCUT2D eigenvalue weighted by atomic mass is 32.2. The highest BCUT2D eigenvalue weighted by Gasteiger charge is 2.43. The van der Waals surface area contributed by atoms with Gasteiger partial charge in [0.25, 0.3) is 0 Å². The van der Waals surface area contributed by atoms with Crippen molar-refractivity contribution in [2.75, 3.05) is 6.61 Å². The van der Waals surface area contributed by atoms with Gasteiger partial charge in [0.05, 0.1) is 29.8 Å². The average Bonchev–Trinajstić information content (AvgIpc) is 2.68. The zero-order chi connectivity index (χ0) is 27.5. The lowest BCUT2D eigenvalue weighted by atomic mass is 10.0. The van der Waals surface area contributed by atoms with Crippen molar-refractivity contribution in [1.29, 1.82) is 0 Å². The molecule has 9 heteroatoms. The van der Waals surface area contributed by atoms with Gasteiger partial charge in [0.1, 0.15) is 0 Å². The molecule has 1 aromatic rings. The zero-order valence-corrected chi connectivity index (χ0v) is 27.0. The first-order valence-corrected chi connectivity index (χ1v) is 20.0. The standard InChI is InChI=1S/C26H51NO5SSi2/c1-13-21(28)18-24(32-35(11,12)26(6,7)8)23(19-31-34(9,10)25(3,4)5)27-33(29,30)22-16-14-20(2)15-17-22/h14-17,21,23-24,27-28H,13,18-19H2,1-12H3. The van der Waals surface area contributed by atoms with Gasteiger partial charge in [0.2, 0.25) is 10.0 Å². The van der Waals surface area contributed by atoms with Crippen molar-refractivity contribution in [3.8, 4) is 0 Å². The molecule has 35 heavy (non-hydrogen) atoms. The first-order chi connectivity index (χ1) is 15.6. The lowest BCUT2D eigenvalue weighted by Crippen LogP contribution is -2.55. The number of aliphatic hydroxyl groups excluding tert-OH is 1. The summed E-state index contributed by atoms with van der Waals surface area (Å²) in [6, 6.07) is 6.19. The van der Waals surface area contributed by atoms with Crippen LogP contribution < -0.4 is 4.72 Å². The van der Waals surface area contributed by atoms with Gasteiger partial charge >= 0.3 is 0 Å². The van der Waals surface area contributed by atoms with Crippen LogP contribution in [-0.4, -0.2) is 55.0 Å². The Labute approximate surface area is 217 Å². The molecular formula is C26H51NO5SSi2. The first-order valence-electron chi connectivity index (χ1n) is 12.7. The Morgan fingerprint density at radius 3 is 1.86 bits per heavy atom. The summed E-state index contributed by atoms with van der Waals surface area (Å²) in [6.07, 6.45) is -0.206. The van der Waals surface area contributed by atoms with E-state index in [0.29, 0.717) is 12.8 Å². The van der Waals surface area contributed by atoms with Crippen LogP contribution in [0.25, 0.3) is 0 Å². The third kappa shape index (κ3) is 9.36. The summed E-state index contributed by atoms with van der Waals surface area (Å²) in [5.41, 5.74) is 0.993. The molecule has 1 aromatic carbocycles. The van der Waals surface area contributed by atoms with Crippen molar-refractivity contribution < 1.29 is 22.4 Å². The van der Waals surface area contributed by atoms with Crippen molar-refractivity contribution in [2.24, 2.45) is 0 Å². The van der Waals surface area contributed by atoms with Crippen LogP contribution in [-0.2, 0) is 18.9 Å². The molecule has 0 aromatic heterocycles. The Bertz CT molecular complexity index is 903. The van der Waals surface area contributed by atoms with Gasteiger partial charge in [-0.1, -0.05) is 66.2 Å². The van der Waals surface area contributed by atoms with Crippen LogP contribution in [0.3, 0.4) is 0 Å². The highest BCUT2D eigenvalue weighted by Crippen LogP contribution is 2.39. The van der Waals surface area contributed by atoms with Gasteiger partial charge in [-0.15, -0.1) is 0 Å². The maximum atomic E-state index is 13.4. The van der Waals surface area contributed by atoms with E-state index in [0.717, 1.165) is 5.56 Å². The Morgan fingerprint density at radius 1 is 0.943 bits per heavy atom. The van der Waals surface area contributed by atoms with Gasteiger partial charge in [-0.05, 0) is 68.2 Å². The Balaban J connectivity index is 3.45. The molecule has 0 fully saturated rings. The summed E-state index contributed by atoms with van der Waals surface area (Å²) < 4.78 is 43.1. The Kier molecular flexibility index (Phi) is 11.0. The number of rotatable bonds is 12. The second-order valence-electron chi connectivity index (χ2n) is 12.8. The van der Waals surface area contributed by atoms with Crippen molar-refractivity contribution in [1.82, 2.24) is 4.72 Å². The van der Waals surface area contributed by atoms with Gasteiger partial charge in [-0.3, -0.25) is 0 Å². The van der Waals surface area contributed by atoms with E-state index in [1.54, 1.807) is 24.3 Å². The molecule has 0 heterocycles. The molecule has 6 nitrogen and oxygen atoms in total. The fourth-order valence-electron chi connectivity index (χ4n) is 3.00. The van der Waals surface area contributed by atoms with Crippen molar-refractivity contribution in [3.63, 3.8) is 0 Å². The second-order valence-corrected chi connectivity index (χ2v) is 24.1. The molecule has 3 atom stereocenters. The van der Waals surface area contributed by atoms with E-state index >= 15 is 0 Å². The summed E-state index contributed by atoms with van der Waals surface area (Å²) in [6.45, 7) is 25.6. The predicted octanol–water partition coefficient (Wildman–Crippen LogP) is 6.22. The number of aryl methyl sites for hydroxylation is 1. The molecule has 0 aliphatic heterocycles. The summed E-state index contributed by atoms with van der Waals surface area (Å²) >= 11 is 0. The molecule has 3 unspecified atom stereocenters. The minimum absolute atomic E-state index is 0.0217. The van der Waals surface area contributed by atoms with E-state index in [4.69, 9.17) is 8.85 Å². The van der Waals surface area contributed by atoms with E-state index in [1.807, 2.05) is 13.8 Å². The number of sulfonamides is 1. The quantitative estimate of drug-likeness (QED) is 0.305. The average molecular weight is 546 g/mol. The molecular weight excluding hydrogens is 495 g/mol. The largest absolute Gasteiger partial charge is 0.415 e. The second kappa shape index (κ2) is 11.9. The zero-order valence-electron chi connectivity index (χ0n) is 24.2. The predicted molar refractivity (Wildman–Crippen MR) is 151 cm³/mol. The van der Waals surface area contributed by atoms with E-state index in [2.05, 4.69) is 72.5 Å². The van der Waals surface area contributed by atoms with Crippen LogP contribution in [0.4, 0.5) is 0 Å². The number of benzene rings is 1. The number of aliphatic hydroxyl groups is 1. The van der Waals surface area contributed by atoms with Gasteiger partial charge in [-0.2, -0.15) is 0 Å². The third-order valence-electron chi connectivity index (χ3n) is 7.74. The molecule has 0 radical (unpaired) electrons. The van der Waals surface area contributed by atoms with Crippen LogP contribution in [0.1, 0.15) is 66.9 Å². The summed E-state index contributed by atoms with van der Waals surface area (Å²) in [7, 11) is -8.25. The van der Waals surface area contributed by atoms with Crippen LogP contribution in [0.5, 0.6) is 0 Å². The molecule has 0 aliphatic carbocycles. The van der Waals surface area contributed by atoms with Gasteiger partial charge in [0.15, 0.2) is 16.6 Å². The Morgan fingerprint density at radius 2 is 1.43 bits per heavy atom. The first kappa shape index (κ1) is 32.5. The van der Waals surface area contributed by atoms with Crippen LogP contribution >= 0.6 is 0 Å². The van der Waals surface area contributed by atoms with Crippen molar-refractivity contribution in [2.45, 2.75) is 128 Å². The van der Waals surface area contributed by atoms with Gasteiger partial charge in [0, 0.05) is 0 Å². The van der Waals surface area contributed by atoms with Crippen LogP contribution in [0.15, 0.2) is 29.2 Å². The smallest absolute Gasteiger partial charge is 0.240 e. The maximum absolute atomic E-state index is 13.4. The lowest BCUT2D eigenvalue weighted by Gasteiger charge is -2.43. The van der Waals surface area contributed by atoms with Crippen LogP contribution in [0, 0.1) is 6.92 Å². The minimum atomic E-state index is -3.82. The summed E-state index contributed by atoms with van der Waals surface area (Å²) in [5.74, 6) is 0. The molecule has 0 aliphatic rings. The fourth-order valence-corrected chi connectivity index (χ4v) is 6.65. The van der Waals surface area contributed by atoms with Gasteiger partial charge < -0.3 is 14.0 Å². The lowest BCUT2D eigenvalue weighted by molar-refractivity contribution is 0.0524. The Hall–Kier alpha value is -0.556. The molecule has 204 valence electrons. The number of nitrogens with one attached hydrogen (secondary N) is 1. The fraction of sp³-hybridized carbons (Fsp3) is 0.769. The molecule has 0 amide bonds. The van der Waals surface area contributed by atoms with Crippen LogP contribution in [0.2, 0.25) is 36.3 Å². The molecule has 0 saturated carbocycles. The van der Waals surface area contributed by atoms with Crippen molar-refractivity contribution >= 4 is 26.7 Å². The van der Waals surface area contributed by atoms with E-state index in [-0.39, 0.29) is 21.6 Å². The summed E-state index contributed by atoms with van der Waals surface area (Å²) in [4.78, 5) is 0.211. The number of hydrogen-bond donors (Lipinski definition) is 2.